The summed E-state index contributed by atoms with van der Waals surface area (Å²) in [6, 6.07) is 10.6. The summed E-state index contributed by atoms with van der Waals surface area (Å²) < 4.78 is 5.31. The van der Waals surface area contributed by atoms with Crippen molar-refractivity contribution in [3.05, 3.63) is 47.8 Å². The van der Waals surface area contributed by atoms with E-state index in [4.69, 9.17) is 4.74 Å². The minimum absolute atomic E-state index is 0.866. The second-order valence-corrected chi connectivity index (χ2v) is 7.90. The molecule has 0 bridgehead atoms. The van der Waals surface area contributed by atoms with Gasteiger partial charge in [0, 0.05) is 41.6 Å². The molecular weight excluding hydrogens is 342 g/mol. The molecule has 1 aliphatic heterocycles. The van der Waals surface area contributed by atoms with Gasteiger partial charge in [0.05, 0.1) is 17.8 Å². The number of pyridine rings is 1. The number of fused-ring (bicyclic) bond motifs is 1. The first kappa shape index (κ1) is 17.3. The molecule has 4 rings (SSSR count). The molecule has 0 radical (unpaired) electrons. The number of aromatic nitrogens is 2. The number of H-pyrrole nitrogens is 1. The molecule has 136 valence electrons. The minimum atomic E-state index is 0.866. The monoisotopic (exact) mass is 367 g/mol. The average Bonchev–Trinajstić information content (AvgIpc) is 3.10. The van der Waals surface area contributed by atoms with Crippen molar-refractivity contribution in [3.8, 4) is 5.75 Å². The van der Waals surface area contributed by atoms with Crippen LogP contribution in [0.3, 0.4) is 0 Å². The van der Waals surface area contributed by atoms with Gasteiger partial charge in [-0.15, -0.1) is 11.8 Å². The zero-order valence-corrected chi connectivity index (χ0v) is 16.2. The summed E-state index contributed by atoms with van der Waals surface area (Å²) in [7, 11) is 1.70. The standard InChI is InChI=1S/C21H25N3OS/c1-15-13-22-17(12-20(15)24-8-4-3-5-9-24)14-26-21-11-16-10-18(25-2)6-7-19(16)23-21/h6-7,10-13,23H,3-5,8-9,14H2,1-2H3. The topological polar surface area (TPSA) is 41.1 Å². The third-order valence-electron chi connectivity index (χ3n) is 5.01. The van der Waals surface area contributed by atoms with E-state index in [-0.39, 0.29) is 0 Å². The van der Waals surface area contributed by atoms with Crippen LogP contribution in [-0.4, -0.2) is 30.2 Å². The average molecular weight is 368 g/mol. The number of aryl methyl sites for hydroxylation is 1. The first-order valence-electron chi connectivity index (χ1n) is 9.23. The van der Waals surface area contributed by atoms with E-state index in [0.29, 0.717) is 0 Å². The van der Waals surface area contributed by atoms with Crippen molar-refractivity contribution in [1.29, 1.82) is 0 Å². The van der Waals surface area contributed by atoms with Crippen molar-refractivity contribution >= 4 is 28.4 Å². The maximum atomic E-state index is 5.31. The Morgan fingerprint density at radius 3 is 2.81 bits per heavy atom. The highest BCUT2D eigenvalue weighted by Gasteiger charge is 2.14. The minimum Gasteiger partial charge on any atom is -0.497 e. The molecule has 0 unspecified atom stereocenters. The maximum absolute atomic E-state index is 5.31. The van der Waals surface area contributed by atoms with E-state index in [1.807, 2.05) is 12.3 Å². The van der Waals surface area contributed by atoms with Gasteiger partial charge in [0.15, 0.2) is 0 Å². The number of rotatable bonds is 5. The Balaban J connectivity index is 1.49. The molecule has 1 N–H and O–H groups in total. The Hall–Kier alpha value is -2.14. The number of ether oxygens (including phenoxy) is 1. The van der Waals surface area contributed by atoms with Crippen molar-refractivity contribution in [2.75, 3.05) is 25.1 Å². The van der Waals surface area contributed by atoms with Crippen LogP contribution in [0.1, 0.15) is 30.5 Å². The normalized spacial score (nSPS) is 14.8. The molecule has 1 saturated heterocycles. The van der Waals surface area contributed by atoms with Gasteiger partial charge in [-0.2, -0.15) is 0 Å². The Morgan fingerprint density at radius 1 is 1.15 bits per heavy atom. The van der Waals surface area contributed by atoms with E-state index >= 15 is 0 Å². The molecule has 26 heavy (non-hydrogen) atoms. The molecule has 5 heteroatoms. The summed E-state index contributed by atoms with van der Waals surface area (Å²) in [6.07, 6.45) is 5.97. The third kappa shape index (κ3) is 3.68. The van der Waals surface area contributed by atoms with Gasteiger partial charge < -0.3 is 14.6 Å². The van der Waals surface area contributed by atoms with Crippen LogP contribution in [0.5, 0.6) is 5.75 Å². The highest BCUT2D eigenvalue weighted by molar-refractivity contribution is 7.98. The summed E-state index contributed by atoms with van der Waals surface area (Å²) in [5.74, 6) is 1.75. The fourth-order valence-electron chi connectivity index (χ4n) is 3.55. The lowest BCUT2D eigenvalue weighted by Crippen LogP contribution is -2.30. The summed E-state index contributed by atoms with van der Waals surface area (Å²) in [5.41, 5.74) is 4.91. The van der Waals surface area contributed by atoms with Crippen molar-refractivity contribution in [1.82, 2.24) is 9.97 Å². The van der Waals surface area contributed by atoms with Crippen LogP contribution in [-0.2, 0) is 5.75 Å². The molecule has 0 saturated carbocycles. The predicted octanol–water partition coefficient (Wildman–Crippen LogP) is 5.16. The highest BCUT2D eigenvalue weighted by Crippen LogP contribution is 2.30. The van der Waals surface area contributed by atoms with Crippen LogP contribution < -0.4 is 9.64 Å². The van der Waals surface area contributed by atoms with Gasteiger partial charge in [-0.05, 0) is 62.1 Å². The van der Waals surface area contributed by atoms with E-state index in [1.165, 1.54) is 49.0 Å². The number of benzene rings is 1. The second kappa shape index (κ2) is 7.62. The van der Waals surface area contributed by atoms with E-state index in [0.717, 1.165) is 27.7 Å². The quantitative estimate of drug-likeness (QED) is 0.632. The van der Waals surface area contributed by atoms with Crippen molar-refractivity contribution in [3.63, 3.8) is 0 Å². The summed E-state index contributed by atoms with van der Waals surface area (Å²) in [6.45, 7) is 4.50. The van der Waals surface area contributed by atoms with Crippen LogP contribution >= 0.6 is 11.8 Å². The number of methoxy groups -OCH3 is 1. The van der Waals surface area contributed by atoms with Crippen molar-refractivity contribution < 1.29 is 4.74 Å². The maximum Gasteiger partial charge on any atom is 0.119 e. The molecule has 0 aliphatic carbocycles. The lowest BCUT2D eigenvalue weighted by Gasteiger charge is -2.30. The first-order chi connectivity index (χ1) is 12.7. The Labute approximate surface area is 159 Å². The smallest absolute Gasteiger partial charge is 0.119 e. The van der Waals surface area contributed by atoms with E-state index in [1.54, 1.807) is 18.9 Å². The number of aromatic amines is 1. The molecular formula is C21H25N3OS. The second-order valence-electron chi connectivity index (χ2n) is 6.89. The molecule has 1 aromatic carbocycles. The zero-order chi connectivity index (χ0) is 17.9. The molecule has 2 aromatic heterocycles. The summed E-state index contributed by atoms with van der Waals surface area (Å²) in [5, 5.41) is 2.34. The number of piperidine rings is 1. The number of nitrogens with one attached hydrogen (secondary N) is 1. The van der Waals surface area contributed by atoms with Gasteiger partial charge in [0.1, 0.15) is 5.75 Å². The van der Waals surface area contributed by atoms with E-state index < -0.39 is 0 Å². The van der Waals surface area contributed by atoms with Gasteiger partial charge in [0.2, 0.25) is 0 Å². The first-order valence-corrected chi connectivity index (χ1v) is 10.2. The van der Waals surface area contributed by atoms with Crippen LogP contribution in [0.15, 0.2) is 41.6 Å². The SMILES string of the molecule is COc1ccc2[nH]c(SCc3cc(N4CCCCC4)c(C)cn3)cc2c1. The largest absolute Gasteiger partial charge is 0.497 e. The molecule has 3 heterocycles. The Morgan fingerprint density at radius 2 is 2.00 bits per heavy atom. The van der Waals surface area contributed by atoms with Crippen LogP contribution in [0, 0.1) is 6.92 Å². The molecule has 1 aliphatic rings. The summed E-state index contributed by atoms with van der Waals surface area (Å²) >= 11 is 1.80. The lowest BCUT2D eigenvalue weighted by atomic mass is 10.1. The van der Waals surface area contributed by atoms with Crippen molar-refractivity contribution in [2.24, 2.45) is 0 Å². The number of nitrogens with zero attached hydrogens (tertiary/aromatic N) is 2. The fraction of sp³-hybridized carbons (Fsp3) is 0.381. The van der Waals surface area contributed by atoms with Crippen molar-refractivity contribution in [2.45, 2.75) is 37.0 Å². The molecule has 1 fully saturated rings. The van der Waals surface area contributed by atoms with Crippen LogP contribution in [0.4, 0.5) is 5.69 Å². The van der Waals surface area contributed by atoms with Crippen LogP contribution in [0.2, 0.25) is 0 Å². The zero-order valence-electron chi connectivity index (χ0n) is 15.4. The Bertz CT molecular complexity index is 899. The van der Waals surface area contributed by atoms with E-state index in [2.05, 4.69) is 46.1 Å². The van der Waals surface area contributed by atoms with Crippen LogP contribution in [0.25, 0.3) is 10.9 Å². The molecule has 3 aromatic rings. The number of hydrogen-bond acceptors (Lipinski definition) is 4. The number of hydrogen-bond donors (Lipinski definition) is 1. The molecule has 0 spiro atoms. The molecule has 4 nitrogen and oxygen atoms in total. The molecule has 0 atom stereocenters. The highest BCUT2D eigenvalue weighted by atomic mass is 32.2. The van der Waals surface area contributed by atoms with Gasteiger partial charge >= 0.3 is 0 Å². The van der Waals surface area contributed by atoms with Gasteiger partial charge in [0.25, 0.3) is 0 Å². The van der Waals surface area contributed by atoms with Gasteiger partial charge in [-0.3, -0.25) is 4.98 Å². The number of anilines is 1. The number of thioether (sulfide) groups is 1. The predicted molar refractivity (Wildman–Crippen MR) is 109 cm³/mol. The lowest BCUT2D eigenvalue weighted by molar-refractivity contribution is 0.415. The third-order valence-corrected chi connectivity index (χ3v) is 5.98. The fourth-order valence-corrected chi connectivity index (χ4v) is 4.40. The Kier molecular flexibility index (Phi) is 5.07. The molecule has 0 amide bonds. The van der Waals surface area contributed by atoms with Gasteiger partial charge in [-0.25, -0.2) is 0 Å². The van der Waals surface area contributed by atoms with Gasteiger partial charge in [-0.1, -0.05) is 0 Å². The summed E-state index contributed by atoms with van der Waals surface area (Å²) in [4.78, 5) is 10.6. The van der Waals surface area contributed by atoms with E-state index in [9.17, 15) is 0 Å².